The molecule has 0 aromatic heterocycles. The first-order valence-corrected chi connectivity index (χ1v) is 11.6. The van der Waals surface area contributed by atoms with Gasteiger partial charge in [-0.1, -0.05) is 50.2 Å². The zero-order valence-electron chi connectivity index (χ0n) is 17.8. The molecule has 32 heavy (non-hydrogen) atoms. The van der Waals surface area contributed by atoms with E-state index in [1.807, 2.05) is 30.3 Å². The van der Waals surface area contributed by atoms with Crippen LogP contribution in [0.4, 0.5) is 11.4 Å². The van der Waals surface area contributed by atoms with Gasteiger partial charge in [-0.05, 0) is 48.0 Å². The molecule has 0 spiro atoms. The highest BCUT2D eigenvalue weighted by Gasteiger charge is 2.16. The van der Waals surface area contributed by atoms with Gasteiger partial charge in [0.1, 0.15) is 0 Å². The van der Waals surface area contributed by atoms with Gasteiger partial charge < -0.3 is 10.6 Å². The van der Waals surface area contributed by atoms with Crippen LogP contribution in [0, 0.1) is 5.92 Å². The Labute approximate surface area is 187 Å². The lowest BCUT2D eigenvalue weighted by Gasteiger charge is -2.10. The van der Waals surface area contributed by atoms with Crippen molar-refractivity contribution in [2.24, 2.45) is 5.92 Å². The lowest BCUT2D eigenvalue weighted by molar-refractivity contribution is -0.118. The van der Waals surface area contributed by atoms with Crippen molar-refractivity contribution in [2.75, 3.05) is 10.6 Å². The van der Waals surface area contributed by atoms with Crippen LogP contribution in [-0.2, 0) is 21.4 Å². The minimum atomic E-state index is -3.78. The standard InChI is InChI=1S/C24H25N3O4S/c1-17(2)23(28)26-20-11-13-21(14-12-20)27-24(29)19-9-6-10-22(15-19)32(30,31)25-16-18-7-4-3-5-8-18/h3-15,17,25H,16H2,1-2H3,(H,26,28)(H,27,29). The molecule has 3 aromatic carbocycles. The number of carbonyl (C=O) groups excluding carboxylic acids is 2. The van der Waals surface area contributed by atoms with Crippen molar-refractivity contribution in [1.29, 1.82) is 0 Å². The van der Waals surface area contributed by atoms with Crippen LogP contribution in [-0.4, -0.2) is 20.2 Å². The monoisotopic (exact) mass is 451 g/mol. The molecule has 0 radical (unpaired) electrons. The third-order valence-electron chi connectivity index (χ3n) is 4.65. The maximum Gasteiger partial charge on any atom is 0.255 e. The van der Waals surface area contributed by atoms with Crippen LogP contribution in [0.3, 0.4) is 0 Å². The van der Waals surface area contributed by atoms with Crippen LogP contribution in [0.1, 0.15) is 29.8 Å². The summed E-state index contributed by atoms with van der Waals surface area (Å²) in [6, 6.07) is 21.7. The number of amides is 2. The Morgan fingerprint density at radius 1 is 0.812 bits per heavy atom. The van der Waals surface area contributed by atoms with E-state index in [2.05, 4.69) is 15.4 Å². The number of nitrogens with one attached hydrogen (secondary N) is 3. The zero-order valence-corrected chi connectivity index (χ0v) is 18.6. The van der Waals surface area contributed by atoms with Gasteiger partial charge in [-0.25, -0.2) is 13.1 Å². The number of anilines is 2. The van der Waals surface area contributed by atoms with Crippen molar-refractivity contribution in [1.82, 2.24) is 4.72 Å². The maximum atomic E-state index is 12.6. The van der Waals surface area contributed by atoms with Crippen molar-refractivity contribution in [2.45, 2.75) is 25.3 Å². The van der Waals surface area contributed by atoms with Crippen molar-refractivity contribution in [3.8, 4) is 0 Å². The fourth-order valence-electron chi connectivity index (χ4n) is 2.79. The number of rotatable bonds is 8. The van der Waals surface area contributed by atoms with E-state index in [-0.39, 0.29) is 28.8 Å². The molecule has 0 saturated carbocycles. The quantitative estimate of drug-likeness (QED) is 0.481. The molecule has 166 valence electrons. The number of benzene rings is 3. The summed E-state index contributed by atoms with van der Waals surface area (Å²) in [6.45, 7) is 3.75. The summed E-state index contributed by atoms with van der Waals surface area (Å²) < 4.78 is 27.8. The van der Waals surface area contributed by atoms with Crippen molar-refractivity contribution in [3.63, 3.8) is 0 Å². The first kappa shape index (κ1) is 23.2. The molecule has 0 fully saturated rings. The number of carbonyl (C=O) groups is 2. The van der Waals surface area contributed by atoms with Gasteiger partial charge in [0.15, 0.2) is 0 Å². The molecule has 3 rings (SSSR count). The maximum absolute atomic E-state index is 12.6. The first-order valence-electron chi connectivity index (χ1n) is 10.1. The van der Waals surface area contributed by atoms with Crippen molar-refractivity contribution >= 4 is 33.2 Å². The van der Waals surface area contributed by atoms with Crippen LogP contribution in [0.15, 0.2) is 83.8 Å². The zero-order chi connectivity index (χ0) is 23.1. The fraction of sp³-hybridized carbons (Fsp3) is 0.167. The Bertz CT molecular complexity index is 1190. The SMILES string of the molecule is CC(C)C(=O)Nc1ccc(NC(=O)c2cccc(S(=O)(=O)NCc3ccccc3)c2)cc1. The summed E-state index contributed by atoms with van der Waals surface area (Å²) in [7, 11) is -3.78. The molecule has 0 aliphatic carbocycles. The number of hydrogen-bond donors (Lipinski definition) is 3. The van der Waals surface area contributed by atoms with E-state index in [4.69, 9.17) is 0 Å². The minimum Gasteiger partial charge on any atom is -0.326 e. The second kappa shape index (κ2) is 10.2. The average Bonchev–Trinajstić information content (AvgIpc) is 2.79. The molecule has 2 amide bonds. The molecular formula is C24H25N3O4S. The average molecular weight is 452 g/mol. The summed E-state index contributed by atoms with van der Waals surface area (Å²) in [6.07, 6.45) is 0. The Morgan fingerprint density at radius 2 is 1.44 bits per heavy atom. The number of sulfonamides is 1. The van der Waals surface area contributed by atoms with Gasteiger partial charge in [-0.3, -0.25) is 9.59 Å². The van der Waals surface area contributed by atoms with E-state index in [0.29, 0.717) is 11.4 Å². The highest BCUT2D eigenvalue weighted by Crippen LogP contribution is 2.17. The van der Waals surface area contributed by atoms with Crippen LogP contribution in [0.25, 0.3) is 0 Å². The summed E-state index contributed by atoms with van der Waals surface area (Å²) >= 11 is 0. The van der Waals surface area contributed by atoms with Crippen LogP contribution >= 0.6 is 0 Å². The Hall–Kier alpha value is -3.49. The highest BCUT2D eigenvalue weighted by atomic mass is 32.2. The van der Waals surface area contributed by atoms with Crippen LogP contribution < -0.4 is 15.4 Å². The molecule has 0 saturated heterocycles. The normalized spacial score (nSPS) is 11.2. The molecule has 0 heterocycles. The van der Waals surface area contributed by atoms with Gasteiger partial charge in [0.25, 0.3) is 5.91 Å². The minimum absolute atomic E-state index is 0.00725. The molecule has 0 bridgehead atoms. The predicted octanol–water partition coefficient (Wildman–Crippen LogP) is 4.01. The largest absolute Gasteiger partial charge is 0.326 e. The summed E-state index contributed by atoms with van der Waals surface area (Å²) in [5.41, 5.74) is 2.19. The fourth-order valence-corrected chi connectivity index (χ4v) is 3.85. The third-order valence-corrected chi connectivity index (χ3v) is 6.05. The Balaban J connectivity index is 1.66. The van der Waals surface area contributed by atoms with E-state index >= 15 is 0 Å². The predicted molar refractivity (Wildman–Crippen MR) is 125 cm³/mol. The van der Waals surface area contributed by atoms with Crippen LogP contribution in [0.5, 0.6) is 0 Å². The van der Waals surface area contributed by atoms with Gasteiger partial charge in [-0.2, -0.15) is 0 Å². The van der Waals surface area contributed by atoms with Gasteiger partial charge in [0.2, 0.25) is 15.9 Å². The Morgan fingerprint density at radius 3 is 2.06 bits per heavy atom. The highest BCUT2D eigenvalue weighted by molar-refractivity contribution is 7.89. The molecule has 0 aliphatic heterocycles. The second-order valence-corrected chi connectivity index (χ2v) is 9.28. The van der Waals surface area contributed by atoms with Crippen molar-refractivity contribution in [3.05, 3.63) is 90.0 Å². The molecule has 8 heteroatoms. The second-order valence-electron chi connectivity index (χ2n) is 7.51. The molecule has 0 atom stereocenters. The third kappa shape index (κ3) is 6.26. The molecule has 7 nitrogen and oxygen atoms in total. The first-order chi connectivity index (χ1) is 15.2. The smallest absolute Gasteiger partial charge is 0.255 e. The summed E-state index contributed by atoms with van der Waals surface area (Å²) in [5.74, 6) is -0.676. The van der Waals surface area contributed by atoms with E-state index in [0.717, 1.165) is 5.56 Å². The van der Waals surface area contributed by atoms with Gasteiger partial charge in [0, 0.05) is 29.4 Å². The van der Waals surface area contributed by atoms with Crippen molar-refractivity contribution < 1.29 is 18.0 Å². The van der Waals surface area contributed by atoms with E-state index in [1.165, 1.54) is 18.2 Å². The molecule has 3 N–H and O–H groups in total. The molecular weight excluding hydrogens is 426 g/mol. The lowest BCUT2D eigenvalue weighted by atomic mass is 10.2. The van der Waals surface area contributed by atoms with Gasteiger partial charge >= 0.3 is 0 Å². The molecule has 0 unspecified atom stereocenters. The molecule has 0 aliphatic rings. The summed E-state index contributed by atoms with van der Waals surface area (Å²) in [4.78, 5) is 24.4. The van der Waals surface area contributed by atoms with E-state index in [1.54, 1.807) is 44.2 Å². The summed E-state index contributed by atoms with van der Waals surface area (Å²) in [5, 5.41) is 5.51. The van der Waals surface area contributed by atoms with E-state index in [9.17, 15) is 18.0 Å². The van der Waals surface area contributed by atoms with Gasteiger partial charge in [0.05, 0.1) is 4.90 Å². The van der Waals surface area contributed by atoms with E-state index < -0.39 is 15.9 Å². The topological polar surface area (TPSA) is 104 Å². The Kier molecular flexibility index (Phi) is 7.40. The van der Waals surface area contributed by atoms with Crippen LogP contribution in [0.2, 0.25) is 0 Å². The lowest BCUT2D eigenvalue weighted by Crippen LogP contribution is -2.23. The molecule has 3 aromatic rings. The number of hydrogen-bond acceptors (Lipinski definition) is 4. The van der Waals surface area contributed by atoms with Gasteiger partial charge in [-0.15, -0.1) is 0 Å².